The van der Waals surface area contributed by atoms with Crippen LogP contribution in [-0.4, -0.2) is 40.4 Å². The minimum absolute atomic E-state index is 0.484. The maximum atomic E-state index is 5.66. The second kappa shape index (κ2) is 9.67. The number of guanidine groups is 1. The molecule has 1 aromatic carbocycles. The lowest BCUT2D eigenvalue weighted by atomic mass is 10.2. The summed E-state index contributed by atoms with van der Waals surface area (Å²) < 4.78 is 7.60. The van der Waals surface area contributed by atoms with Crippen molar-refractivity contribution in [1.29, 1.82) is 0 Å². The van der Waals surface area contributed by atoms with Crippen LogP contribution in [0, 0.1) is 6.92 Å². The summed E-state index contributed by atoms with van der Waals surface area (Å²) in [4.78, 5) is 4.53. The molecule has 0 saturated heterocycles. The number of nitrogens with zero attached hydrogens (tertiary/aromatic N) is 4. The van der Waals surface area contributed by atoms with E-state index in [1.54, 1.807) is 0 Å². The Bertz CT molecular complexity index is 638. The summed E-state index contributed by atoms with van der Waals surface area (Å²) in [6.07, 6.45) is 0. The zero-order chi connectivity index (χ0) is 17.2. The normalized spacial score (nSPS) is 11.5. The van der Waals surface area contributed by atoms with Crippen LogP contribution in [0.2, 0.25) is 0 Å². The lowest BCUT2D eigenvalue weighted by Crippen LogP contribution is -2.39. The molecule has 2 N–H and O–H groups in total. The van der Waals surface area contributed by atoms with Crippen molar-refractivity contribution in [1.82, 2.24) is 25.4 Å². The van der Waals surface area contributed by atoms with E-state index in [0.29, 0.717) is 26.3 Å². The van der Waals surface area contributed by atoms with Gasteiger partial charge in [0.2, 0.25) is 0 Å². The smallest absolute Gasteiger partial charge is 0.191 e. The molecule has 130 valence electrons. The minimum atomic E-state index is 0.484. The molecule has 0 atom stereocenters. The van der Waals surface area contributed by atoms with Crippen molar-refractivity contribution in [3.8, 4) is 0 Å². The lowest BCUT2D eigenvalue weighted by Gasteiger charge is -2.11. The van der Waals surface area contributed by atoms with Crippen LogP contribution in [-0.2, 0) is 24.9 Å². The SMILES string of the molecule is CCNC(=NCc1nnc(C)n1C)NCCOCc1ccccc1. The predicted molar refractivity (Wildman–Crippen MR) is 94.7 cm³/mol. The van der Waals surface area contributed by atoms with Gasteiger partial charge in [-0.25, -0.2) is 4.99 Å². The van der Waals surface area contributed by atoms with Crippen LogP contribution in [0.25, 0.3) is 0 Å². The number of hydrogen-bond acceptors (Lipinski definition) is 4. The number of aliphatic imine (C=N–C) groups is 1. The fourth-order valence-electron chi connectivity index (χ4n) is 2.09. The molecule has 2 rings (SSSR count). The van der Waals surface area contributed by atoms with Crippen LogP contribution < -0.4 is 10.6 Å². The summed E-state index contributed by atoms with van der Waals surface area (Å²) >= 11 is 0. The van der Waals surface area contributed by atoms with Gasteiger partial charge in [-0.3, -0.25) is 0 Å². The minimum Gasteiger partial charge on any atom is -0.375 e. The Labute approximate surface area is 143 Å². The van der Waals surface area contributed by atoms with Crippen LogP contribution >= 0.6 is 0 Å². The number of rotatable bonds is 8. The van der Waals surface area contributed by atoms with Crippen LogP contribution in [0.5, 0.6) is 0 Å². The first-order chi connectivity index (χ1) is 11.7. The van der Waals surface area contributed by atoms with Crippen LogP contribution in [0.3, 0.4) is 0 Å². The summed E-state index contributed by atoms with van der Waals surface area (Å²) in [5.41, 5.74) is 1.18. The zero-order valence-electron chi connectivity index (χ0n) is 14.6. The van der Waals surface area contributed by atoms with Gasteiger partial charge in [0, 0.05) is 20.1 Å². The Balaban J connectivity index is 1.74. The predicted octanol–water partition coefficient (Wildman–Crippen LogP) is 1.40. The van der Waals surface area contributed by atoms with Gasteiger partial charge in [-0.2, -0.15) is 0 Å². The van der Waals surface area contributed by atoms with Crippen molar-refractivity contribution in [3.63, 3.8) is 0 Å². The molecule has 0 unspecified atom stereocenters. The van der Waals surface area contributed by atoms with E-state index < -0.39 is 0 Å². The summed E-state index contributed by atoms with van der Waals surface area (Å²) in [6, 6.07) is 10.1. The highest BCUT2D eigenvalue weighted by molar-refractivity contribution is 5.79. The summed E-state index contributed by atoms with van der Waals surface area (Å²) in [6.45, 7) is 7.17. The van der Waals surface area contributed by atoms with Gasteiger partial charge in [0.15, 0.2) is 11.8 Å². The topological polar surface area (TPSA) is 76.4 Å². The maximum absolute atomic E-state index is 5.66. The third-order valence-corrected chi connectivity index (χ3v) is 3.56. The molecule has 7 heteroatoms. The molecule has 0 aliphatic carbocycles. The van der Waals surface area contributed by atoms with Gasteiger partial charge in [0.1, 0.15) is 12.4 Å². The average Bonchev–Trinajstić information content (AvgIpc) is 2.92. The molecule has 1 aromatic heterocycles. The number of aryl methyl sites for hydroxylation is 1. The third-order valence-electron chi connectivity index (χ3n) is 3.56. The standard InChI is InChI=1S/C17H26N6O/c1-4-18-17(20-12-16-22-21-14(2)23(16)3)19-10-11-24-13-15-8-6-5-7-9-15/h5-9H,4,10-13H2,1-3H3,(H2,18,19,20). The van der Waals surface area contributed by atoms with Gasteiger partial charge >= 0.3 is 0 Å². The quantitative estimate of drug-likeness (QED) is 0.435. The van der Waals surface area contributed by atoms with Crippen molar-refractivity contribution in [2.75, 3.05) is 19.7 Å². The van der Waals surface area contributed by atoms with Crippen molar-refractivity contribution in [2.45, 2.75) is 27.0 Å². The molecule has 2 aromatic rings. The molecular formula is C17H26N6O. The fourth-order valence-corrected chi connectivity index (χ4v) is 2.09. The van der Waals surface area contributed by atoms with Crippen LogP contribution in [0.4, 0.5) is 0 Å². The van der Waals surface area contributed by atoms with E-state index in [0.717, 1.165) is 24.2 Å². The highest BCUT2D eigenvalue weighted by Crippen LogP contribution is 2.00. The van der Waals surface area contributed by atoms with Crippen molar-refractivity contribution >= 4 is 5.96 Å². The number of nitrogens with one attached hydrogen (secondary N) is 2. The fraction of sp³-hybridized carbons (Fsp3) is 0.471. The van der Waals surface area contributed by atoms with Crippen molar-refractivity contribution < 1.29 is 4.74 Å². The van der Waals surface area contributed by atoms with E-state index in [9.17, 15) is 0 Å². The highest BCUT2D eigenvalue weighted by atomic mass is 16.5. The number of benzene rings is 1. The number of aromatic nitrogens is 3. The summed E-state index contributed by atoms with van der Waals surface area (Å²) in [5, 5.41) is 14.6. The molecule has 0 amide bonds. The number of ether oxygens (including phenoxy) is 1. The molecular weight excluding hydrogens is 304 g/mol. The van der Waals surface area contributed by atoms with Gasteiger partial charge < -0.3 is 19.9 Å². The van der Waals surface area contributed by atoms with E-state index in [2.05, 4.69) is 38.0 Å². The molecule has 0 aliphatic rings. The first-order valence-corrected chi connectivity index (χ1v) is 8.19. The molecule has 0 spiro atoms. The summed E-state index contributed by atoms with van der Waals surface area (Å²) in [5.74, 6) is 2.47. The van der Waals surface area contributed by atoms with Gasteiger partial charge in [0.05, 0.1) is 13.2 Å². The molecule has 0 saturated carbocycles. The zero-order valence-corrected chi connectivity index (χ0v) is 14.6. The van der Waals surface area contributed by atoms with Gasteiger partial charge in [0.25, 0.3) is 0 Å². The molecule has 1 heterocycles. The second-order valence-corrected chi connectivity index (χ2v) is 5.38. The Kier molecular flexibility index (Phi) is 7.22. The Morgan fingerprint density at radius 3 is 2.67 bits per heavy atom. The van der Waals surface area contributed by atoms with Gasteiger partial charge in [-0.15, -0.1) is 10.2 Å². The van der Waals surface area contributed by atoms with E-state index in [-0.39, 0.29) is 0 Å². The molecule has 0 radical (unpaired) electrons. The van der Waals surface area contributed by atoms with Crippen LogP contribution in [0.1, 0.15) is 24.1 Å². The van der Waals surface area contributed by atoms with E-state index in [1.807, 2.05) is 43.7 Å². The molecule has 7 nitrogen and oxygen atoms in total. The van der Waals surface area contributed by atoms with E-state index in [1.165, 1.54) is 5.56 Å². The van der Waals surface area contributed by atoms with Gasteiger partial charge in [-0.05, 0) is 19.4 Å². The summed E-state index contributed by atoms with van der Waals surface area (Å²) in [7, 11) is 1.94. The molecule has 0 fully saturated rings. The lowest BCUT2D eigenvalue weighted by molar-refractivity contribution is 0.125. The third kappa shape index (κ3) is 5.66. The second-order valence-electron chi connectivity index (χ2n) is 5.38. The Hall–Kier alpha value is -2.41. The number of hydrogen-bond donors (Lipinski definition) is 2. The van der Waals surface area contributed by atoms with Crippen molar-refractivity contribution in [2.24, 2.45) is 12.0 Å². The average molecular weight is 330 g/mol. The molecule has 0 bridgehead atoms. The van der Waals surface area contributed by atoms with Crippen molar-refractivity contribution in [3.05, 3.63) is 47.5 Å². The van der Waals surface area contributed by atoms with E-state index >= 15 is 0 Å². The highest BCUT2D eigenvalue weighted by Gasteiger charge is 2.04. The Morgan fingerprint density at radius 1 is 1.21 bits per heavy atom. The van der Waals surface area contributed by atoms with Crippen LogP contribution in [0.15, 0.2) is 35.3 Å². The van der Waals surface area contributed by atoms with Gasteiger partial charge in [-0.1, -0.05) is 30.3 Å². The maximum Gasteiger partial charge on any atom is 0.191 e. The Morgan fingerprint density at radius 2 is 2.00 bits per heavy atom. The monoisotopic (exact) mass is 330 g/mol. The largest absolute Gasteiger partial charge is 0.375 e. The van der Waals surface area contributed by atoms with E-state index in [4.69, 9.17) is 4.74 Å². The molecule has 24 heavy (non-hydrogen) atoms. The molecule has 0 aliphatic heterocycles. The first kappa shape index (κ1) is 17.9. The first-order valence-electron chi connectivity index (χ1n) is 8.19.